The third-order valence-electron chi connectivity index (χ3n) is 5.92. The van der Waals surface area contributed by atoms with Crippen LogP contribution >= 0.6 is 0 Å². The van der Waals surface area contributed by atoms with E-state index < -0.39 is 0 Å². The van der Waals surface area contributed by atoms with Crippen LogP contribution in [0.4, 0.5) is 11.8 Å². The molecular formula is C20H34N6. The number of piperazine rings is 1. The van der Waals surface area contributed by atoms with Crippen molar-refractivity contribution >= 4 is 11.8 Å². The predicted molar refractivity (Wildman–Crippen MR) is 107 cm³/mol. The molecule has 0 atom stereocenters. The highest BCUT2D eigenvalue weighted by molar-refractivity contribution is 5.55. The number of rotatable bonds is 4. The highest BCUT2D eigenvalue weighted by Gasteiger charge is 2.28. The van der Waals surface area contributed by atoms with E-state index in [1.165, 1.54) is 36.5 Å². The molecule has 0 spiro atoms. The van der Waals surface area contributed by atoms with Gasteiger partial charge in [0, 0.05) is 70.9 Å². The van der Waals surface area contributed by atoms with E-state index in [0.717, 1.165) is 64.7 Å². The minimum absolute atomic E-state index is 0.706. The van der Waals surface area contributed by atoms with E-state index in [1.807, 2.05) is 0 Å². The van der Waals surface area contributed by atoms with Gasteiger partial charge < -0.3 is 14.7 Å². The molecule has 2 saturated heterocycles. The Hall–Kier alpha value is -1.40. The molecule has 0 unspecified atom stereocenters. The third-order valence-corrected chi connectivity index (χ3v) is 5.92. The molecule has 1 aromatic rings. The number of aromatic nitrogens is 2. The zero-order valence-electron chi connectivity index (χ0n) is 16.7. The summed E-state index contributed by atoms with van der Waals surface area (Å²) in [4.78, 5) is 20.1. The van der Waals surface area contributed by atoms with E-state index in [9.17, 15) is 0 Å². The molecule has 0 aliphatic carbocycles. The number of hydrogen-bond donors (Lipinski definition) is 0. The van der Waals surface area contributed by atoms with E-state index in [2.05, 4.69) is 40.5 Å². The van der Waals surface area contributed by atoms with Crippen LogP contribution < -0.4 is 9.80 Å². The van der Waals surface area contributed by atoms with E-state index >= 15 is 0 Å². The Kier molecular flexibility index (Phi) is 5.32. The van der Waals surface area contributed by atoms with Gasteiger partial charge in [0.25, 0.3) is 0 Å². The molecule has 6 heteroatoms. The average Bonchev–Trinajstić information content (AvgIpc) is 3.15. The minimum atomic E-state index is 0.706. The van der Waals surface area contributed by atoms with E-state index in [1.54, 1.807) is 0 Å². The first kappa shape index (κ1) is 18.0. The first-order valence-corrected chi connectivity index (χ1v) is 10.4. The molecule has 0 aromatic carbocycles. The summed E-state index contributed by atoms with van der Waals surface area (Å²) >= 11 is 0. The highest BCUT2D eigenvalue weighted by Crippen LogP contribution is 2.31. The Labute approximate surface area is 158 Å². The quantitative estimate of drug-likeness (QED) is 0.818. The summed E-state index contributed by atoms with van der Waals surface area (Å²) in [6.07, 6.45) is 3.64. The van der Waals surface area contributed by atoms with Crippen LogP contribution in [0.5, 0.6) is 0 Å². The van der Waals surface area contributed by atoms with Gasteiger partial charge in [-0.05, 0) is 25.8 Å². The second-order valence-corrected chi connectivity index (χ2v) is 8.64. The van der Waals surface area contributed by atoms with Gasteiger partial charge in [-0.25, -0.2) is 4.98 Å². The topological polar surface area (TPSA) is 38.7 Å². The summed E-state index contributed by atoms with van der Waals surface area (Å²) in [5.41, 5.74) is 2.70. The summed E-state index contributed by atoms with van der Waals surface area (Å²) in [6, 6.07) is 0. The molecule has 6 nitrogen and oxygen atoms in total. The zero-order chi connectivity index (χ0) is 18.1. The molecule has 4 heterocycles. The Morgan fingerprint density at radius 2 is 1.62 bits per heavy atom. The smallest absolute Gasteiger partial charge is 0.227 e. The van der Waals surface area contributed by atoms with Crippen molar-refractivity contribution in [2.45, 2.75) is 39.7 Å². The van der Waals surface area contributed by atoms with Crippen LogP contribution in [-0.4, -0.2) is 79.2 Å². The Morgan fingerprint density at radius 1 is 0.885 bits per heavy atom. The van der Waals surface area contributed by atoms with Gasteiger partial charge in [0.1, 0.15) is 5.82 Å². The van der Waals surface area contributed by atoms with Crippen molar-refractivity contribution in [3.63, 3.8) is 0 Å². The lowest BCUT2D eigenvalue weighted by Gasteiger charge is -2.36. The fourth-order valence-electron chi connectivity index (χ4n) is 4.45. The van der Waals surface area contributed by atoms with Gasteiger partial charge in [0.2, 0.25) is 5.95 Å². The maximum Gasteiger partial charge on any atom is 0.227 e. The summed E-state index contributed by atoms with van der Waals surface area (Å²) in [5, 5.41) is 0. The predicted octanol–water partition coefficient (Wildman–Crippen LogP) is 1.84. The maximum absolute atomic E-state index is 5.13. The van der Waals surface area contributed by atoms with Crippen LogP contribution in [0.2, 0.25) is 0 Å². The number of likely N-dealkylation sites (N-methyl/N-ethyl adjacent to an activating group) is 1. The summed E-state index contributed by atoms with van der Waals surface area (Å²) < 4.78 is 0. The fraction of sp³-hybridized carbons (Fsp3) is 0.800. The monoisotopic (exact) mass is 358 g/mol. The Balaban J connectivity index is 1.63. The normalized spacial score (nSPS) is 22.3. The lowest BCUT2D eigenvalue weighted by molar-refractivity contribution is 0.224. The molecular weight excluding hydrogens is 324 g/mol. The molecule has 26 heavy (non-hydrogen) atoms. The second-order valence-electron chi connectivity index (χ2n) is 8.64. The zero-order valence-corrected chi connectivity index (χ0v) is 16.7. The van der Waals surface area contributed by atoms with Crippen LogP contribution in [0, 0.1) is 5.92 Å². The minimum Gasteiger partial charge on any atom is -0.356 e. The number of nitrogens with zero attached hydrogens (tertiary/aromatic N) is 6. The van der Waals surface area contributed by atoms with Crippen molar-refractivity contribution in [1.82, 2.24) is 19.8 Å². The molecule has 0 amide bonds. The summed E-state index contributed by atoms with van der Waals surface area (Å²) in [6.45, 7) is 14.5. The number of fused-ring (bicyclic) bond motifs is 1. The molecule has 3 aliphatic rings. The Bertz CT molecular complexity index is 617. The van der Waals surface area contributed by atoms with E-state index in [4.69, 9.17) is 9.97 Å². The molecule has 4 rings (SSSR count). The van der Waals surface area contributed by atoms with Gasteiger partial charge in [-0.15, -0.1) is 0 Å². The van der Waals surface area contributed by atoms with Gasteiger partial charge in [-0.1, -0.05) is 13.8 Å². The van der Waals surface area contributed by atoms with Crippen molar-refractivity contribution in [2.75, 3.05) is 69.2 Å². The summed E-state index contributed by atoms with van der Waals surface area (Å²) in [5.74, 6) is 2.91. The van der Waals surface area contributed by atoms with Gasteiger partial charge in [-0.2, -0.15) is 4.98 Å². The van der Waals surface area contributed by atoms with E-state index in [-0.39, 0.29) is 0 Å². The SMILES string of the molecule is CC(C)CN1CCc2nc(N3CCN(C)CC3)nc(N3CCCC3)c2C1. The van der Waals surface area contributed by atoms with Crippen LogP contribution in [-0.2, 0) is 13.0 Å². The summed E-state index contributed by atoms with van der Waals surface area (Å²) in [7, 11) is 2.20. The van der Waals surface area contributed by atoms with E-state index in [0.29, 0.717) is 5.92 Å². The first-order valence-electron chi connectivity index (χ1n) is 10.4. The lowest BCUT2D eigenvalue weighted by Crippen LogP contribution is -2.45. The largest absolute Gasteiger partial charge is 0.356 e. The van der Waals surface area contributed by atoms with Crippen molar-refractivity contribution in [3.8, 4) is 0 Å². The molecule has 0 saturated carbocycles. The van der Waals surface area contributed by atoms with Gasteiger partial charge in [0.05, 0.1) is 5.69 Å². The molecule has 3 aliphatic heterocycles. The van der Waals surface area contributed by atoms with Crippen molar-refractivity contribution in [2.24, 2.45) is 5.92 Å². The Morgan fingerprint density at radius 3 is 2.31 bits per heavy atom. The average molecular weight is 359 g/mol. The standard InChI is InChI=1S/C20H34N6/c1-16(2)14-24-9-6-18-17(15-24)19(25-7-4-5-8-25)22-20(21-18)26-12-10-23(3)11-13-26/h16H,4-15H2,1-3H3. The van der Waals surface area contributed by atoms with Crippen LogP contribution in [0.3, 0.4) is 0 Å². The molecule has 0 bridgehead atoms. The number of anilines is 2. The molecule has 0 N–H and O–H groups in total. The van der Waals surface area contributed by atoms with Crippen LogP contribution in [0.1, 0.15) is 37.9 Å². The molecule has 0 radical (unpaired) electrons. The lowest BCUT2D eigenvalue weighted by atomic mass is 10.0. The first-order chi connectivity index (χ1) is 12.6. The number of hydrogen-bond acceptors (Lipinski definition) is 6. The van der Waals surface area contributed by atoms with Crippen molar-refractivity contribution < 1.29 is 0 Å². The van der Waals surface area contributed by atoms with Crippen molar-refractivity contribution in [3.05, 3.63) is 11.3 Å². The maximum atomic E-state index is 5.13. The second kappa shape index (κ2) is 7.69. The fourth-order valence-corrected chi connectivity index (χ4v) is 4.45. The third kappa shape index (κ3) is 3.81. The molecule has 144 valence electrons. The molecule has 1 aromatic heterocycles. The van der Waals surface area contributed by atoms with Crippen molar-refractivity contribution in [1.29, 1.82) is 0 Å². The van der Waals surface area contributed by atoms with Crippen LogP contribution in [0.15, 0.2) is 0 Å². The van der Waals surface area contributed by atoms with Gasteiger partial charge in [0.15, 0.2) is 0 Å². The van der Waals surface area contributed by atoms with Crippen LogP contribution in [0.25, 0.3) is 0 Å². The van der Waals surface area contributed by atoms with Gasteiger partial charge in [-0.3, -0.25) is 4.90 Å². The highest BCUT2D eigenvalue weighted by atomic mass is 15.3. The molecule has 2 fully saturated rings. The van der Waals surface area contributed by atoms with Gasteiger partial charge >= 0.3 is 0 Å².